The van der Waals surface area contributed by atoms with E-state index in [1.165, 1.54) is 6.20 Å². The van der Waals surface area contributed by atoms with Crippen LogP contribution in [0.25, 0.3) is 0 Å². The van der Waals surface area contributed by atoms with E-state index in [2.05, 4.69) is 15.3 Å². The Kier molecular flexibility index (Phi) is 3.46. The molecule has 0 spiro atoms. The third-order valence-electron chi connectivity index (χ3n) is 3.03. The number of aromatic nitrogens is 2. The molecule has 0 fully saturated rings. The number of benzene rings is 1. The first-order chi connectivity index (χ1) is 9.04. The van der Waals surface area contributed by atoms with Gasteiger partial charge in [0.1, 0.15) is 5.82 Å². The van der Waals surface area contributed by atoms with Crippen molar-refractivity contribution in [2.45, 2.75) is 19.4 Å². The molecule has 19 heavy (non-hydrogen) atoms. The van der Waals surface area contributed by atoms with E-state index in [0.29, 0.717) is 17.1 Å². The first-order valence-electron chi connectivity index (χ1n) is 5.89. The van der Waals surface area contributed by atoms with Crippen LogP contribution in [-0.4, -0.2) is 21.0 Å². The number of carboxylic acid groups (broad SMARTS) is 1. The number of aliphatic carboxylic acids is 1. The molecule has 1 aromatic heterocycles. The molecule has 5 nitrogen and oxygen atoms in total. The van der Waals surface area contributed by atoms with E-state index in [-0.39, 0.29) is 0 Å². The van der Waals surface area contributed by atoms with Crippen LogP contribution in [-0.2, 0) is 10.3 Å². The van der Waals surface area contributed by atoms with Gasteiger partial charge in [-0.1, -0.05) is 30.3 Å². The summed E-state index contributed by atoms with van der Waals surface area (Å²) in [5, 5.41) is 12.5. The molecule has 0 radical (unpaired) electrons. The summed E-state index contributed by atoms with van der Waals surface area (Å²) in [6, 6.07) is 9.00. The quantitative estimate of drug-likeness (QED) is 0.878. The van der Waals surface area contributed by atoms with Crippen LogP contribution in [0.5, 0.6) is 0 Å². The van der Waals surface area contributed by atoms with Crippen molar-refractivity contribution >= 4 is 11.8 Å². The number of nitrogens with one attached hydrogen (secondary N) is 1. The second-order valence-corrected chi connectivity index (χ2v) is 4.41. The van der Waals surface area contributed by atoms with Gasteiger partial charge in [-0.3, -0.25) is 4.98 Å². The molecule has 98 valence electrons. The summed E-state index contributed by atoms with van der Waals surface area (Å²) in [6.45, 7) is 3.39. The summed E-state index contributed by atoms with van der Waals surface area (Å²) < 4.78 is 0. The summed E-state index contributed by atoms with van der Waals surface area (Å²) >= 11 is 0. The molecule has 1 aromatic carbocycles. The largest absolute Gasteiger partial charge is 0.479 e. The maximum atomic E-state index is 11.6. The van der Waals surface area contributed by atoms with Gasteiger partial charge in [0, 0.05) is 12.4 Å². The second-order valence-electron chi connectivity index (χ2n) is 4.41. The topological polar surface area (TPSA) is 75.1 Å². The minimum atomic E-state index is -1.25. The molecule has 0 bridgehead atoms. The van der Waals surface area contributed by atoms with Crippen LogP contribution < -0.4 is 5.32 Å². The number of hydrogen-bond acceptors (Lipinski definition) is 4. The minimum Gasteiger partial charge on any atom is -0.479 e. The van der Waals surface area contributed by atoms with Crippen molar-refractivity contribution in [1.29, 1.82) is 0 Å². The van der Waals surface area contributed by atoms with E-state index < -0.39 is 11.5 Å². The van der Waals surface area contributed by atoms with E-state index in [1.54, 1.807) is 32.2 Å². The lowest BCUT2D eigenvalue weighted by Crippen LogP contribution is -2.41. The molecular weight excluding hydrogens is 242 g/mol. The third kappa shape index (κ3) is 2.54. The number of aryl methyl sites for hydroxylation is 1. The predicted molar refractivity (Wildman–Crippen MR) is 71.8 cm³/mol. The van der Waals surface area contributed by atoms with E-state index >= 15 is 0 Å². The van der Waals surface area contributed by atoms with Crippen LogP contribution in [0, 0.1) is 6.92 Å². The summed E-state index contributed by atoms with van der Waals surface area (Å²) in [7, 11) is 0. The number of nitrogens with zero attached hydrogens (tertiary/aromatic N) is 2. The minimum absolute atomic E-state index is 0.469. The van der Waals surface area contributed by atoms with Gasteiger partial charge >= 0.3 is 5.97 Å². The summed E-state index contributed by atoms with van der Waals surface area (Å²) in [4.78, 5) is 19.9. The number of hydrogen-bond donors (Lipinski definition) is 2. The fourth-order valence-electron chi connectivity index (χ4n) is 1.79. The number of carbonyl (C=O) groups is 1. The molecule has 0 aliphatic rings. The molecule has 0 saturated heterocycles. The van der Waals surface area contributed by atoms with Crippen LogP contribution in [0.1, 0.15) is 18.2 Å². The van der Waals surface area contributed by atoms with Crippen molar-refractivity contribution in [3.8, 4) is 0 Å². The van der Waals surface area contributed by atoms with E-state index in [1.807, 2.05) is 18.2 Å². The van der Waals surface area contributed by atoms with Gasteiger partial charge in [-0.15, -0.1) is 0 Å². The van der Waals surface area contributed by atoms with Crippen molar-refractivity contribution in [3.63, 3.8) is 0 Å². The number of carboxylic acids is 1. The molecule has 2 aromatic rings. The van der Waals surface area contributed by atoms with Crippen LogP contribution in [0.2, 0.25) is 0 Å². The van der Waals surface area contributed by atoms with Gasteiger partial charge in [0.2, 0.25) is 0 Å². The lowest BCUT2D eigenvalue weighted by Gasteiger charge is -2.27. The van der Waals surface area contributed by atoms with E-state index in [0.717, 1.165) is 0 Å². The number of anilines is 1. The Morgan fingerprint density at radius 1 is 1.21 bits per heavy atom. The maximum Gasteiger partial charge on any atom is 0.333 e. The molecule has 0 aliphatic carbocycles. The fraction of sp³-hybridized carbons (Fsp3) is 0.214. The highest BCUT2D eigenvalue weighted by molar-refractivity contribution is 5.83. The lowest BCUT2D eigenvalue weighted by molar-refractivity contribution is -0.142. The lowest BCUT2D eigenvalue weighted by atomic mass is 9.92. The first kappa shape index (κ1) is 13.0. The SMILES string of the molecule is Cc1nccnc1NC(C)(C(=O)O)c1ccccc1. The maximum absolute atomic E-state index is 11.6. The Bertz CT molecular complexity index is 586. The molecule has 0 amide bonds. The van der Waals surface area contributed by atoms with Gasteiger partial charge in [-0.05, 0) is 19.4 Å². The van der Waals surface area contributed by atoms with E-state index in [4.69, 9.17) is 0 Å². The second kappa shape index (κ2) is 5.06. The Labute approximate surface area is 111 Å². The zero-order valence-electron chi connectivity index (χ0n) is 10.8. The molecule has 1 heterocycles. The van der Waals surface area contributed by atoms with Crippen molar-refractivity contribution in [2.24, 2.45) is 0 Å². The predicted octanol–water partition coefficient (Wildman–Crippen LogP) is 2.20. The summed E-state index contributed by atoms with van der Waals surface area (Å²) in [5.41, 5.74) is 0.0701. The van der Waals surface area contributed by atoms with Gasteiger partial charge in [-0.25, -0.2) is 9.78 Å². The molecule has 2 rings (SSSR count). The van der Waals surface area contributed by atoms with Gasteiger partial charge in [-0.2, -0.15) is 0 Å². The summed E-state index contributed by atoms with van der Waals surface area (Å²) in [5.74, 6) is -0.500. The highest BCUT2D eigenvalue weighted by Gasteiger charge is 2.35. The van der Waals surface area contributed by atoms with Crippen LogP contribution >= 0.6 is 0 Å². The molecule has 1 atom stereocenters. The van der Waals surface area contributed by atoms with Crippen molar-refractivity contribution in [2.75, 3.05) is 5.32 Å². The van der Waals surface area contributed by atoms with Crippen molar-refractivity contribution in [3.05, 3.63) is 54.0 Å². The zero-order valence-corrected chi connectivity index (χ0v) is 10.8. The Morgan fingerprint density at radius 3 is 2.42 bits per heavy atom. The Hall–Kier alpha value is -2.43. The highest BCUT2D eigenvalue weighted by Crippen LogP contribution is 2.26. The van der Waals surface area contributed by atoms with Crippen molar-refractivity contribution < 1.29 is 9.90 Å². The smallest absolute Gasteiger partial charge is 0.333 e. The fourth-order valence-corrected chi connectivity index (χ4v) is 1.79. The van der Waals surface area contributed by atoms with Gasteiger partial charge in [0.25, 0.3) is 0 Å². The zero-order chi connectivity index (χ0) is 13.9. The Balaban J connectivity index is 2.42. The molecular formula is C14H15N3O2. The third-order valence-corrected chi connectivity index (χ3v) is 3.03. The van der Waals surface area contributed by atoms with Gasteiger partial charge in [0.05, 0.1) is 5.69 Å². The number of rotatable bonds is 4. The molecule has 5 heteroatoms. The molecule has 2 N–H and O–H groups in total. The molecule has 0 aliphatic heterocycles. The monoisotopic (exact) mass is 257 g/mol. The standard InChI is InChI=1S/C14H15N3O2/c1-10-12(16-9-8-15-10)17-14(2,13(18)19)11-6-4-3-5-7-11/h3-9H,1-2H3,(H,16,17)(H,18,19). The Morgan fingerprint density at radius 2 is 1.84 bits per heavy atom. The van der Waals surface area contributed by atoms with Crippen LogP contribution in [0.3, 0.4) is 0 Å². The average Bonchev–Trinajstić information content (AvgIpc) is 2.42. The first-order valence-corrected chi connectivity index (χ1v) is 5.89. The summed E-state index contributed by atoms with van der Waals surface area (Å²) in [6.07, 6.45) is 3.10. The molecule has 1 unspecified atom stereocenters. The highest BCUT2D eigenvalue weighted by atomic mass is 16.4. The van der Waals surface area contributed by atoms with Crippen LogP contribution in [0.4, 0.5) is 5.82 Å². The van der Waals surface area contributed by atoms with Crippen molar-refractivity contribution in [1.82, 2.24) is 9.97 Å². The van der Waals surface area contributed by atoms with Gasteiger partial charge in [0.15, 0.2) is 5.54 Å². The van der Waals surface area contributed by atoms with Crippen LogP contribution in [0.15, 0.2) is 42.7 Å². The van der Waals surface area contributed by atoms with E-state index in [9.17, 15) is 9.90 Å². The molecule has 0 saturated carbocycles. The normalized spacial score (nSPS) is 13.6. The average molecular weight is 257 g/mol. The van der Waals surface area contributed by atoms with Gasteiger partial charge < -0.3 is 10.4 Å².